The molecule has 3 amide bonds. The lowest BCUT2D eigenvalue weighted by Gasteiger charge is -2.28. The largest absolute Gasteiger partial charge is 0.494 e. The Kier molecular flexibility index (Phi) is 6.66. The average molecular weight is 531 g/mol. The highest BCUT2D eigenvalue weighted by Gasteiger charge is 2.66. The van der Waals surface area contributed by atoms with Crippen molar-refractivity contribution in [3.05, 3.63) is 54.1 Å². The predicted molar refractivity (Wildman–Crippen MR) is 133 cm³/mol. The summed E-state index contributed by atoms with van der Waals surface area (Å²) in [7, 11) is 0. The molecule has 2 saturated carbocycles. The number of halogens is 2. The second-order valence-corrected chi connectivity index (χ2v) is 10.2. The first kappa shape index (κ1) is 24.6. The first-order valence-corrected chi connectivity index (χ1v) is 12.6. The van der Waals surface area contributed by atoms with Gasteiger partial charge in [-0.2, -0.15) is 0 Å². The lowest BCUT2D eigenvalue weighted by Crippen LogP contribution is -2.37. The van der Waals surface area contributed by atoms with Gasteiger partial charge in [0, 0.05) is 5.69 Å². The van der Waals surface area contributed by atoms with Crippen molar-refractivity contribution in [1.29, 1.82) is 0 Å². The van der Waals surface area contributed by atoms with E-state index in [0.717, 1.165) is 0 Å². The zero-order valence-electron chi connectivity index (χ0n) is 19.4. The van der Waals surface area contributed by atoms with E-state index in [-0.39, 0.29) is 40.0 Å². The number of hydrogen-bond donors (Lipinski definition) is 1. The van der Waals surface area contributed by atoms with E-state index in [2.05, 4.69) is 5.32 Å². The molecule has 1 heterocycles. The number of rotatable bonds is 7. The summed E-state index contributed by atoms with van der Waals surface area (Å²) in [5.41, 5.74) is 1.11. The number of alkyl halides is 2. The second kappa shape index (κ2) is 9.75. The first-order valence-electron chi connectivity index (χ1n) is 11.8. The van der Waals surface area contributed by atoms with Crippen LogP contribution in [0.15, 0.2) is 48.5 Å². The lowest BCUT2D eigenvalue weighted by atomic mass is 9.80. The highest BCUT2D eigenvalue weighted by molar-refractivity contribution is 6.32. The van der Waals surface area contributed by atoms with E-state index in [9.17, 15) is 19.2 Å². The zero-order chi connectivity index (χ0) is 25.6. The number of imide groups is 1. The second-order valence-electron chi connectivity index (χ2n) is 9.14. The van der Waals surface area contributed by atoms with Crippen molar-refractivity contribution in [2.24, 2.45) is 23.7 Å². The fourth-order valence-electron chi connectivity index (χ4n) is 5.56. The molecule has 5 rings (SSSR count). The van der Waals surface area contributed by atoms with Crippen molar-refractivity contribution in [3.63, 3.8) is 0 Å². The maximum Gasteiger partial charge on any atom is 0.338 e. The van der Waals surface area contributed by atoms with Crippen LogP contribution >= 0.6 is 23.2 Å². The van der Waals surface area contributed by atoms with E-state index >= 15 is 0 Å². The Balaban J connectivity index is 1.18. The quantitative estimate of drug-likeness (QED) is 0.331. The van der Waals surface area contributed by atoms with Gasteiger partial charge in [0.2, 0.25) is 11.8 Å². The van der Waals surface area contributed by atoms with Gasteiger partial charge in [0.25, 0.3) is 5.91 Å². The molecule has 2 bridgehead atoms. The minimum Gasteiger partial charge on any atom is -0.494 e. The molecule has 3 aliphatic rings. The number of esters is 1. The zero-order valence-corrected chi connectivity index (χ0v) is 20.9. The number of fused-ring (bicyclic) bond motifs is 5. The number of nitrogens with one attached hydrogen (secondary N) is 1. The molecule has 2 aliphatic carbocycles. The Bertz CT molecular complexity index is 1170. The molecule has 0 aromatic heterocycles. The maximum absolute atomic E-state index is 13.1. The van der Waals surface area contributed by atoms with Crippen molar-refractivity contribution in [2.75, 3.05) is 23.4 Å². The van der Waals surface area contributed by atoms with Crippen molar-refractivity contribution in [3.8, 4) is 5.75 Å². The van der Waals surface area contributed by atoms with Crippen molar-refractivity contribution < 1.29 is 28.7 Å². The number of carbonyl (C=O) groups excluding carboxylic acids is 4. The van der Waals surface area contributed by atoms with E-state index < -0.39 is 30.3 Å². The van der Waals surface area contributed by atoms with Crippen molar-refractivity contribution in [1.82, 2.24) is 0 Å². The molecule has 36 heavy (non-hydrogen) atoms. The van der Waals surface area contributed by atoms with Crippen LogP contribution in [0.25, 0.3) is 0 Å². The summed E-state index contributed by atoms with van der Waals surface area (Å²) in [6.07, 6.45) is 0.694. The Morgan fingerprint density at radius 3 is 2.08 bits per heavy atom. The number of nitrogens with zero attached hydrogens (tertiary/aromatic N) is 1. The Morgan fingerprint density at radius 1 is 0.944 bits per heavy atom. The summed E-state index contributed by atoms with van der Waals surface area (Å²) in [5, 5.41) is 2.00. The number of hydrogen-bond acceptors (Lipinski definition) is 6. The van der Waals surface area contributed by atoms with Gasteiger partial charge in [-0.05, 0) is 73.7 Å². The molecule has 0 unspecified atom stereocenters. The smallest absolute Gasteiger partial charge is 0.338 e. The Morgan fingerprint density at radius 2 is 1.53 bits per heavy atom. The summed E-state index contributed by atoms with van der Waals surface area (Å²) in [6, 6.07) is 12.8. The van der Waals surface area contributed by atoms with Crippen LogP contribution in [0.4, 0.5) is 11.4 Å². The molecule has 2 aromatic rings. The standard InChI is InChI=1S/C26H24Cl2N2O6/c1-2-35-16-9-5-14(6-10-16)29-19(31)12-36-26(34)13-3-7-15(8-4-13)30-24(32)20-17-11-18(21(20)25(30)33)23(28)22(17)27/h3-10,17-18,20-23H,2,11-12H2,1H3,(H,29,31)/t17-,18-,20-,21+,22-,23+/m1/s1. The summed E-state index contributed by atoms with van der Waals surface area (Å²) in [4.78, 5) is 51.9. The summed E-state index contributed by atoms with van der Waals surface area (Å²) in [5.74, 6) is -2.15. The molecule has 0 radical (unpaired) electrons. The number of carbonyl (C=O) groups is 4. The normalized spacial score (nSPS) is 28.2. The van der Waals surface area contributed by atoms with Crippen LogP contribution in [0.1, 0.15) is 23.7 Å². The fraction of sp³-hybridized carbons (Fsp3) is 0.385. The SMILES string of the molecule is CCOc1ccc(NC(=O)COC(=O)c2ccc(N3C(=O)[C@@H]4[C@H]5C[C@@H]([C@H](Cl)[C@@H]5Cl)[C@@H]4C3=O)cc2)cc1. The molecule has 1 saturated heterocycles. The fourth-order valence-corrected chi connectivity index (χ4v) is 6.46. The van der Waals surface area contributed by atoms with Gasteiger partial charge >= 0.3 is 5.97 Å². The van der Waals surface area contributed by atoms with Gasteiger partial charge in [0.05, 0.1) is 40.4 Å². The van der Waals surface area contributed by atoms with Gasteiger partial charge in [-0.3, -0.25) is 19.3 Å². The van der Waals surface area contributed by atoms with Crippen LogP contribution in [-0.2, 0) is 19.1 Å². The Labute approximate surface area is 217 Å². The van der Waals surface area contributed by atoms with E-state index in [0.29, 0.717) is 30.2 Å². The first-order chi connectivity index (χ1) is 17.3. The van der Waals surface area contributed by atoms with Gasteiger partial charge in [0.1, 0.15) is 5.75 Å². The van der Waals surface area contributed by atoms with Crippen molar-refractivity contribution >= 4 is 58.3 Å². The molecule has 2 aromatic carbocycles. The van der Waals surface area contributed by atoms with Crippen LogP contribution in [-0.4, -0.2) is 47.7 Å². The van der Waals surface area contributed by atoms with E-state index in [1.54, 1.807) is 24.3 Å². The highest BCUT2D eigenvalue weighted by atomic mass is 35.5. The van der Waals surface area contributed by atoms with E-state index in [4.69, 9.17) is 32.7 Å². The third-order valence-electron chi connectivity index (χ3n) is 7.13. The summed E-state index contributed by atoms with van der Waals surface area (Å²) < 4.78 is 10.5. The average Bonchev–Trinajstić information content (AvgIpc) is 3.49. The molecular weight excluding hydrogens is 507 g/mol. The predicted octanol–water partition coefficient (Wildman–Crippen LogP) is 3.85. The van der Waals surface area contributed by atoms with E-state index in [1.165, 1.54) is 29.2 Å². The van der Waals surface area contributed by atoms with Crippen LogP contribution < -0.4 is 15.0 Å². The van der Waals surface area contributed by atoms with Crippen molar-refractivity contribution in [2.45, 2.75) is 24.1 Å². The number of ether oxygens (including phenoxy) is 2. The van der Waals surface area contributed by atoms with Gasteiger partial charge in [-0.25, -0.2) is 4.79 Å². The Hall–Kier alpha value is -3.10. The van der Waals surface area contributed by atoms with Crippen LogP contribution in [0.3, 0.4) is 0 Å². The molecule has 188 valence electrons. The van der Waals surface area contributed by atoms with Gasteiger partial charge in [0.15, 0.2) is 6.61 Å². The molecule has 8 nitrogen and oxygen atoms in total. The topological polar surface area (TPSA) is 102 Å². The molecule has 6 atom stereocenters. The molecule has 10 heteroatoms. The summed E-state index contributed by atoms with van der Waals surface area (Å²) >= 11 is 12.8. The van der Waals surface area contributed by atoms with Crippen LogP contribution in [0, 0.1) is 23.7 Å². The molecule has 1 aliphatic heterocycles. The third kappa shape index (κ3) is 4.22. The number of anilines is 2. The minimum absolute atomic E-state index is 0.103. The lowest BCUT2D eigenvalue weighted by molar-refractivity contribution is -0.123. The molecule has 0 spiro atoms. The van der Waals surface area contributed by atoms with E-state index in [1.807, 2.05) is 6.92 Å². The van der Waals surface area contributed by atoms with Gasteiger partial charge < -0.3 is 14.8 Å². The maximum atomic E-state index is 13.1. The van der Waals surface area contributed by atoms with Gasteiger partial charge in [-0.15, -0.1) is 23.2 Å². The summed E-state index contributed by atoms with van der Waals surface area (Å²) in [6.45, 7) is 1.95. The molecule has 1 N–H and O–H groups in total. The number of amides is 3. The van der Waals surface area contributed by atoms with Crippen LogP contribution in [0.2, 0.25) is 0 Å². The molecular formula is C26H24Cl2N2O6. The highest BCUT2D eigenvalue weighted by Crippen LogP contribution is 2.59. The monoisotopic (exact) mass is 530 g/mol. The number of benzene rings is 2. The molecule has 3 fully saturated rings. The third-order valence-corrected chi connectivity index (χ3v) is 8.45. The van der Waals surface area contributed by atoms with Crippen LogP contribution in [0.5, 0.6) is 5.75 Å². The minimum atomic E-state index is -0.702. The van der Waals surface area contributed by atoms with Gasteiger partial charge in [-0.1, -0.05) is 0 Å².